The molecule has 1 heterocycles. The number of halogens is 2. The first-order chi connectivity index (χ1) is 6.68. The van der Waals surface area contributed by atoms with Crippen molar-refractivity contribution in [3.63, 3.8) is 0 Å². The predicted octanol–water partition coefficient (Wildman–Crippen LogP) is 3.63. The van der Waals surface area contributed by atoms with Gasteiger partial charge < -0.3 is 5.73 Å². The Bertz CT molecular complexity index is 354. The standard InChI is InChI=1S/C10H11Cl2NS/c11-6-3-7-8(9(12)4-6)5-14-2-1-10(7)13/h3-4,10H,1-2,5,13H2. The average Bonchev–Trinajstić information content (AvgIpc) is 2.29. The quantitative estimate of drug-likeness (QED) is 0.758. The van der Waals surface area contributed by atoms with Crippen LogP contribution in [0.4, 0.5) is 0 Å². The van der Waals surface area contributed by atoms with Crippen LogP contribution in [0, 0.1) is 0 Å². The molecule has 1 nitrogen and oxygen atoms in total. The third kappa shape index (κ3) is 2.03. The Hall–Kier alpha value is 0.110. The van der Waals surface area contributed by atoms with E-state index in [4.69, 9.17) is 28.9 Å². The third-order valence-electron chi connectivity index (χ3n) is 2.41. The van der Waals surface area contributed by atoms with Gasteiger partial charge in [0.2, 0.25) is 0 Å². The van der Waals surface area contributed by atoms with Crippen molar-refractivity contribution in [2.24, 2.45) is 5.73 Å². The van der Waals surface area contributed by atoms with E-state index in [1.807, 2.05) is 17.8 Å². The molecule has 0 saturated carbocycles. The highest BCUT2D eigenvalue weighted by Gasteiger charge is 2.18. The molecule has 1 aliphatic heterocycles. The molecule has 1 aliphatic rings. The molecular formula is C10H11Cl2NS. The van der Waals surface area contributed by atoms with Gasteiger partial charge in [0.15, 0.2) is 0 Å². The minimum atomic E-state index is 0.0798. The molecule has 14 heavy (non-hydrogen) atoms. The maximum Gasteiger partial charge on any atom is 0.0464 e. The van der Waals surface area contributed by atoms with Crippen molar-refractivity contribution < 1.29 is 0 Å². The molecule has 0 bridgehead atoms. The fraction of sp³-hybridized carbons (Fsp3) is 0.400. The summed E-state index contributed by atoms with van der Waals surface area (Å²) in [5.41, 5.74) is 8.33. The third-order valence-corrected chi connectivity index (χ3v) is 3.99. The van der Waals surface area contributed by atoms with Crippen LogP contribution in [0.15, 0.2) is 12.1 Å². The summed E-state index contributed by atoms with van der Waals surface area (Å²) in [5, 5.41) is 1.42. The molecule has 1 aromatic rings. The maximum atomic E-state index is 6.13. The van der Waals surface area contributed by atoms with Crippen LogP contribution in [-0.2, 0) is 5.75 Å². The number of nitrogens with two attached hydrogens (primary N) is 1. The minimum absolute atomic E-state index is 0.0798. The van der Waals surface area contributed by atoms with Crippen LogP contribution >= 0.6 is 35.0 Å². The van der Waals surface area contributed by atoms with Crippen molar-refractivity contribution >= 4 is 35.0 Å². The summed E-state index contributed by atoms with van der Waals surface area (Å²) in [7, 11) is 0. The maximum absolute atomic E-state index is 6.13. The second-order valence-electron chi connectivity index (χ2n) is 3.40. The summed E-state index contributed by atoms with van der Waals surface area (Å²) >= 11 is 14.0. The Kier molecular flexibility index (Phi) is 3.27. The number of thioether (sulfide) groups is 1. The summed E-state index contributed by atoms with van der Waals surface area (Å²) < 4.78 is 0. The van der Waals surface area contributed by atoms with Gasteiger partial charge in [-0.2, -0.15) is 11.8 Å². The Morgan fingerprint density at radius 3 is 2.93 bits per heavy atom. The van der Waals surface area contributed by atoms with Crippen LogP contribution in [0.3, 0.4) is 0 Å². The number of fused-ring (bicyclic) bond motifs is 1. The number of benzene rings is 1. The van der Waals surface area contributed by atoms with Crippen LogP contribution in [0.2, 0.25) is 10.0 Å². The Balaban J connectivity index is 2.53. The first kappa shape index (κ1) is 10.6. The van der Waals surface area contributed by atoms with Crippen molar-refractivity contribution in [3.8, 4) is 0 Å². The highest BCUT2D eigenvalue weighted by Crippen LogP contribution is 2.35. The lowest BCUT2D eigenvalue weighted by Gasteiger charge is -2.13. The van der Waals surface area contributed by atoms with Crippen molar-refractivity contribution in [3.05, 3.63) is 33.3 Å². The van der Waals surface area contributed by atoms with Crippen LogP contribution < -0.4 is 5.73 Å². The highest BCUT2D eigenvalue weighted by molar-refractivity contribution is 7.98. The molecule has 1 unspecified atom stereocenters. The molecule has 0 aromatic heterocycles. The van der Waals surface area contributed by atoms with Gasteiger partial charge >= 0.3 is 0 Å². The van der Waals surface area contributed by atoms with Crippen LogP contribution in [-0.4, -0.2) is 5.75 Å². The van der Waals surface area contributed by atoms with E-state index >= 15 is 0 Å². The molecule has 4 heteroatoms. The summed E-state index contributed by atoms with van der Waals surface area (Å²) in [6.45, 7) is 0. The highest BCUT2D eigenvalue weighted by atomic mass is 35.5. The topological polar surface area (TPSA) is 26.0 Å². The molecule has 0 radical (unpaired) electrons. The van der Waals surface area contributed by atoms with Gasteiger partial charge in [-0.05, 0) is 35.4 Å². The second kappa shape index (κ2) is 4.31. The lowest BCUT2D eigenvalue weighted by atomic mass is 10.0. The molecule has 0 amide bonds. The fourth-order valence-corrected chi connectivity index (χ4v) is 3.39. The second-order valence-corrected chi connectivity index (χ2v) is 5.35. The SMILES string of the molecule is NC1CCSCc2c(Cl)cc(Cl)cc21. The molecule has 0 spiro atoms. The molecule has 2 N–H and O–H groups in total. The van der Waals surface area contributed by atoms with Gasteiger partial charge in [0.25, 0.3) is 0 Å². The Labute approximate surface area is 98.0 Å². The first-order valence-corrected chi connectivity index (χ1v) is 6.40. The number of hydrogen-bond acceptors (Lipinski definition) is 2. The first-order valence-electron chi connectivity index (χ1n) is 4.49. The molecular weight excluding hydrogens is 237 g/mol. The van der Waals surface area contributed by atoms with Crippen LogP contribution in [0.1, 0.15) is 23.6 Å². The molecule has 1 atom stereocenters. The van der Waals surface area contributed by atoms with E-state index in [0.29, 0.717) is 5.02 Å². The number of rotatable bonds is 0. The summed E-state index contributed by atoms with van der Waals surface area (Å²) in [5.74, 6) is 2.03. The zero-order valence-electron chi connectivity index (χ0n) is 7.59. The van der Waals surface area contributed by atoms with Gasteiger partial charge in [0.05, 0.1) is 0 Å². The van der Waals surface area contributed by atoms with E-state index in [1.54, 1.807) is 6.07 Å². The normalized spacial score (nSPS) is 21.5. The largest absolute Gasteiger partial charge is 0.324 e. The lowest BCUT2D eigenvalue weighted by Crippen LogP contribution is -2.11. The molecule has 2 rings (SSSR count). The Morgan fingerprint density at radius 2 is 2.14 bits per heavy atom. The zero-order chi connectivity index (χ0) is 10.1. The van der Waals surface area contributed by atoms with Crippen LogP contribution in [0.25, 0.3) is 0 Å². The molecule has 0 saturated heterocycles. The molecule has 0 aliphatic carbocycles. The fourth-order valence-electron chi connectivity index (χ4n) is 1.65. The number of hydrogen-bond donors (Lipinski definition) is 1. The van der Waals surface area contributed by atoms with Crippen molar-refractivity contribution in [2.45, 2.75) is 18.2 Å². The van der Waals surface area contributed by atoms with E-state index in [2.05, 4.69) is 0 Å². The van der Waals surface area contributed by atoms with Crippen molar-refractivity contribution in [1.82, 2.24) is 0 Å². The smallest absolute Gasteiger partial charge is 0.0464 e. The van der Waals surface area contributed by atoms with E-state index in [1.165, 1.54) is 0 Å². The lowest BCUT2D eigenvalue weighted by molar-refractivity contribution is 0.705. The minimum Gasteiger partial charge on any atom is -0.324 e. The van der Waals surface area contributed by atoms with Gasteiger partial charge in [-0.1, -0.05) is 23.2 Å². The van der Waals surface area contributed by atoms with Crippen LogP contribution in [0.5, 0.6) is 0 Å². The zero-order valence-corrected chi connectivity index (χ0v) is 9.92. The van der Waals surface area contributed by atoms with E-state index in [0.717, 1.165) is 34.1 Å². The summed E-state index contributed by atoms with van der Waals surface area (Å²) in [6, 6.07) is 3.82. The van der Waals surface area contributed by atoms with Crippen molar-refractivity contribution in [1.29, 1.82) is 0 Å². The molecule has 0 fully saturated rings. The van der Waals surface area contributed by atoms with Gasteiger partial charge in [-0.3, -0.25) is 0 Å². The summed E-state index contributed by atoms with van der Waals surface area (Å²) in [4.78, 5) is 0. The van der Waals surface area contributed by atoms with E-state index in [-0.39, 0.29) is 6.04 Å². The summed E-state index contributed by atoms with van der Waals surface area (Å²) in [6.07, 6.45) is 0.994. The van der Waals surface area contributed by atoms with E-state index < -0.39 is 0 Å². The molecule has 76 valence electrons. The average molecular weight is 248 g/mol. The monoisotopic (exact) mass is 247 g/mol. The van der Waals surface area contributed by atoms with Gasteiger partial charge in [-0.25, -0.2) is 0 Å². The van der Waals surface area contributed by atoms with Gasteiger partial charge in [0, 0.05) is 21.8 Å². The van der Waals surface area contributed by atoms with Gasteiger partial charge in [-0.15, -0.1) is 0 Å². The van der Waals surface area contributed by atoms with Crippen molar-refractivity contribution in [2.75, 3.05) is 5.75 Å². The van der Waals surface area contributed by atoms with Gasteiger partial charge in [0.1, 0.15) is 0 Å². The predicted molar refractivity (Wildman–Crippen MR) is 64.2 cm³/mol. The molecule has 1 aromatic carbocycles. The van der Waals surface area contributed by atoms with E-state index in [9.17, 15) is 0 Å². The Morgan fingerprint density at radius 1 is 1.36 bits per heavy atom.